The molecular formula is C19H32N4O2. The Morgan fingerprint density at radius 2 is 1.96 bits per heavy atom. The number of guanidine groups is 1. The number of hydrogen-bond donors (Lipinski definition) is 2. The Balaban J connectivity index is 1.78. The van der Waals surface area contributed by atoms with Crippen molar-refractivity contribution in [2.75, 3.05) is 53.6 Å². The fraction of sp³-hybridized carbons (Fsp3) is 0.632. The number of ether oxygens (including phenoxy) is 2. The summed E-state index contributed by atoms with van der Waals surface area (Å²) in [6, 6.07) is 8.12. The standard InChI is InChI=1S/C19H32N4O2/c1-19(2,23-11-13-25-14-12-23)15-22-18(20-3)21-10-9-16-7-5-6-8-17(16)24-4/h5-8H,9-15H2,1-4H3,(H2,20,21,22). The van der Waals surface area contributed by atoms with Gasteiger partial charge in [0.15, 0.2) is 5.96 Å². The summed E-state index contributed by atoms with van der Waals surface area (Å²) in [5.41, 5.74) is 1.26. The maximum absolute atomic E-state index is 5.45. The first-order valence-corrected chi connectivity index (χ1v) is 8.96. The lowest BCUT2D eigenvalue weighted by molar-refractivity contribution is -0.00833. The minimum Gasteiger partial charge on any atom is -0.496 e. The van der Waals surface area contributed by atoms with Crippen LogP contribution < -0.4 is 15.4 Å². The molecule has 140 valence electrons. The van der Waals surface area contributed by atoms with E-state index in [9.17, 15) is 0 Å². The van der Waals surface area contributed by atoms with Crippen LogP contribution in [0.2, 0.25) is 0 Å². The van der Waals surface area contributed by atoms with Gasteiger partial charge in [-0.15, -0.1) is 0 Å². The second-order valence-corrected chi connectivity index (χ2v) is 6.83. The van der Waals surface area contributed by atoms with Gasteiger partial charge >= 0.3 is 0 Å². The van der Waals surface area contributed by atoms with E-state index in [4.69, 9.17) is 9.47 Å². The highest BCUT2D eigenvalue weighted by Gasteiger charge is 2.28. The fourth-order valence-electron chi connectivity index (χ4n) is 3.03. The molecule has 0 bridgehead atoms. The van der Waals surface area contributed by atoms with Crippen LogP contribution in [0.3, 0.4) is 0 Å². The molecule has 0 aliphatic carbocycles. The zero-order valence-corrected chi connectivity index (χ0v) is 16.0. The predicted octanol–water partition coefficient (Wildman–Crippen LogP) is 1.51. The molecule has 2 rings (SSSR count). The van der Waals surface area contributed by atoms with Gasteiger partial charge in [-0.3, -0.25) is 9.89 Å². The summed E-state index contributed by atoms with van der Waals surface area (Å²) in [6.45, 7) is 9.74. The summed E-state index contributed by atoms with van der Waals surface area (Å²) in [5, 5.41) is 6.83. The molecule has 1 fully saturated rings. The number of benzene rings is 1. The monoisotopic (exact) mass is 348 g/mol. The molecule has 1 heterocycles. The normalized spacial score (nSPS) is 16.6. The van der Waals surface area contributed by atoms with Crippen molar-refractivity contribution in [2.24, 2.45) is 4.99 Å². The zero-order chi connectivity index (χ0) is 18.1. The van der Waals surface area contributed by atoms with E-state index in [1.807, 2.05) is 18.2 Å². The van der Waals surface area contributed by atoms with Crippen molar-refractivity contribution in [1.29, 1.82) is 0 Å². The number of para-hydroxylation sites is 1. The highest BCUT2D eigenvalue weighted by atomic mass is 16.5. The van der Waals surface area contributed by atoms with Crippen LogP contribution in [-0.2, 0) is 11.2 Å². The quantitative estimate of drug-likeness (QED) is 0.578. The second-order valence-electron chi connectivity index (χ2n) is 6.83. The second kappa shape index (κ2) is 9.63. The van der Waals surface area contributed by atoms with Gasteiger partial charge in [0.05, 0.1) is 20.3 Å². The van der Waals surface area contributed by atoms with Gasteiger partial charge in [-0.25, -0.2) is 0 Å². The third-order valence-electron chi connectivity index (χ3n) is 4.66. The van der Waals surface area contributed by atoms with Gasteiger partial charge in [0, 0.05) is 38.8 Å². The molecule has 1 aromatic carbocycles. The molecule has 1 aliphatic rings. The Bertz CT molecular complexity index is 554. The third-order valence-corrected chi connectivity index (χ3v) is 4.66. The molecule has 0 unspecified atom stereocenters. The van der Waals surface area contributed by atoms with E-state index >= 15 is 0 Å². The van der Waals surface area contributed by atoms with Gasteiger partial charge in [-0.1, -0.05) is 18.2 Å². The van der Waals surface area contributed by atoms with Gasteiger partial charge in [0.1, 0.15) is 5.75 Å². The number of nitrogens with zero attached hydrogens (tertiary/aromatic N) is 2. The number of nitrogens with one attached hydrogen (secondary N) is 2. The van der Waals surface area contributed by atoms with Crippen LogP contribution in [-0.4, -0.2) is 69.9 Å². The topological polar surface area (TPSA) is 58.1 Å². The Kier molecular flexibility index (Phi) is 7.52. The summed E-state index contributed by atoms with van der Waals surface area (Å²) in [6.07, 6.45) is 0.886. The Morgan fingerprint density at radius 3 is 2.64 bits per heavy atom. The van der Waals surface area contributed by atoms with E-state index in [1.54, 1.807) is 14.2 Å². The molecule has 0 saturated carbocycles. The summed E-state index contributed by atoms with van der Waals surface area (Å²) in [4.78, 5) is 6.79. The molecule has 1 saturated heterocycles. The number of aliphatic imine (C=N–C) groups is 1. The van der Waals surface area contributed by atoms with Crippen LogP contribution in [0, 0.1) is 0 Å². The van der Waals surface area contributed by atoms with Crippen molar-refractivity contribution in [3.05, 3.63) is 29.8 Å². The van der Waals surface area contributed by atoms with Gasteiger partial charge in [0.25, 0.3) is 0 Å². The van der Waals surface area contributed by atoms with Crippen LogP contribution in [0.15, 0.2) is 29.3 Å². The third kappa shape index (κ3) is 5.90. The summed E-state index contributed by atoms with van der Waals surface area (Å²) in [5.74, 6) is 1.76. The van der Waals surface area contributed by atoms with Crippen molar-refractivity contribution in [3.63, 3.8) is 0 Å². The van der Waals surface area contributed by atoms with Crippen molar-refractivity contribution < 1.29 is 9.47 Å². The largest absolute Gasteiger partial charge is 0.496 e. The molecule has 0 radical (unpaired) electrons. The number of methoxy groups -OCH3 is 1. The molecule has 0 atom stereocenters. The van der Waals surface area contributed by atoms with E-state index < -0.39 is 0 Å². The van der Waals surface area contributed by atoms with Crippen LogP contribution in [0.5, 0.6) is 5.75 Å². The van der Waals surface area contributed by atoms with E-state index in [0.717, 1.165) is 57.5 Å². The maximum atomic E-state index is 5.45. The first-order chi connectivity index (χ1) is 12.1. The van der Waals surface area contributed by atoms with Crippen LogP contribution >= 0.6 is 0 Å². The van der Waals surface area contributed by atoms with E-state index in [-0.39, 0.29) is 5.54 Å². The van der Waals surface area contributed by atoms with Crippen LogP contribution in [0.4, 0.5) is 0 Å². The molecule has 1 aliphatic heterocycles. The van der Waals surface area contributed by atoms with Crippen molar-refractivity contribution in [3.8, 4) is 5.75 Å². The summed E-state index contributed by atoms with van der Waals surface area (Å²) >= 11 is 0. The fourth-order valence-corrected chi connectivity index (χ4v) is 3.03. The minimum atomic E-state index is 0.0596. The predicted molar refractivity (Wildman–Crippen MR) is 103 cm³/mol. The van der Waals surface area contributed by atoms with E-state index in [2.05, 4.69) is 40.4 Å². The minimum absolute atomic E-state index is 0.0596. The lowest BCUT2D eigenvalue weighted by Gasteiger charge is -2.41. The van der Waals surface area contributed by atoms with Crippen LogP contribution in [0.25, 0.3) is 0 Å². The highest BCUT2D eigenvalue weighted by Crippen LogP contribution is 2.17. The molecular weight excluding hydrogens is 316 g/mol. The molecule has 25 heavy (non-hydrogen) atoms. The van der Waals surface area contributed by atoms with Crippen molar-refractivity contribution in [2.45, 2.75) is 25.8 Å². The van der Waals surface area contributed by atoms with Crippen molar-refractivity contribution >= 4 is 5.96 Å². The molecule has 1 aromatic rings. The summed E-state index contributed by atoms with van der Waals surface area (Å²) in [7, 11) is 3.51. The molecule has 0 amide bonds. The molecule has 6 heteroatoms. The SMILES string of the molecule is CN=C(NCCc1ccccc1OC)NCC(C)(C)N1CCOCC1. The van der Waals surface area contributed by atoms with E-state index in [0.29, 0.717) is 0 Å². The van der Waals surface area contributed by atoms with Crippen molar-refractivity contribution in [1.82, 2.24) is 15.5 Å². The smallest absolute Gasteiger partial charge is 0.191 e. The van der Waals surface area contributed by atoms with E-state index in [1.165, 1.54) is 5.56 Å². The van der Waals surface area contributed by atoms with Gasteiger partial charge in [0.2, 0.25) is 0 Å². The molecule has 2 N–H and O–H groups in total. The Morgan fingerprint density at radius 1 is 1.24 bits per heavy atom. The Labute approximate surface area is 151 Å². The number of morpholine rings is 1. The highest BCUT2D eigenvalue weighted by molar-refractivity contribution is 5.79. The molecule has 0 spiro atoms. The van der Waals surface area contributed by atoms with Gasteiger partial charge in [-0.2, -0.15) is 0 Å². The molecule has 0 aromatic heterocycles. The Hall–Kier alpha value is -1.79. The lowest BCUT2D eigenvalue weighted by atomic mass is 10.0. The first-order valence-electron chi connectivity index (χ1n) is 8.96. The van der Waals surface area contributed by atoms with Crippen LogP contribution in [0.1, 0.15) is 19.4 Å². The van der Waals surface area contributed by atoms with Gasteiger partial charge < -0.3 is 20.1 Å². The number of rotatable bonds is 7. The maximum Gasteiger partial charge on any atom is 0.191 e. The lowest BCUT2D eigenvalue weighted by Crippen LogP contribution is -2.56. The number of hydrogen-bond acceptors (Lipinski definition) is 4. The average molecular weight is 348 g/mol. The molecule has 6 nitrogen and oxygen atoms in total. The van der Waals surface area contributed by atoms with Gasteiger partial charge in [-0.05, 0) is 31.9 Å². The zero-order valence-electron chi connectivity index (χ0n) is 16.0. The average Bonchev–Trinajstić information content (AvgIpc) is 2.65. The summed E-state index contributed by atoms with van der Waals surface area (Å²) < 4.78 is 10.8. The first kappa shape index (κ1) is 19.5.